The lowest BCUT2D eigenvalue weighted by Gasteiger charge is -2.43. The number of rotatable bonds is 5. The van der Waals surface area contributed by atoms with Crippen LogP contribution in [0.4, 0.5) is 4.39 Å². The van der Waals surface area contributed by atoms with Gasteiger partial charge in [0.05, 0.1) is 16.4 Å². The van der Waals surface area contributed by atoms with Crippen LogP contribution in [0.3, 0.4) is 0 Å². The Kier molecular flexibility index (Phi) is 5.98. The van der Waals surface area contributed by atoms with Crippen LogP contribution in [0.25, 0.3) is 22.1 Å². The van der Waals surface area contributed by atoms with E-state index in [1.165, 1.54) is 12.8 Å². The summed E-state index contributed by atoms with van der Waals surface area (Å²) in [5.74, 6) is 1.45. The molecule has 2 aliphatic rings. The van der Waals surface area contributed by atoms with Crippen molar-refractivity contribution in [2.75, 3.05) is 13.1 Å². The van der Waals surface area contributed by atoms with Crippen molar-refractivity contribution < 1.29 is 8.81 Å². The molecule has 1 aliphatic heterocycles. The van der Waals surface area contributed by atoms with Crippen LogP contribution in [0, 0.1) is 12.8 Å². The van der Waals surface area contributed by atoms with Gasteiger partial charge in [-0.15, -0.1) is 10.2 Å². The van der Waals surface area contributed by atoms with Gasteiger partial charge in [0.15, 0.2) is 0 Å². The monoisotopic (exact) mass is 500 g/mol. The van der Waals surface area contributed by atoms with E-state index in [0.717, 1.165) is 47.7 Å². The summed E-state index contributed by atoms with van der Waals surface area (Å²) < 4.78 is 22.1. The first-order valence-electron chi connectivity index (χ1n) is 13.2. The van der Waals surface area contributed by atoms with Gasteiger partial charge in [-0.1, -0.05) is 31.2 Å². The highest BCUT2D eigenvalue weighted by Gasteiger charge is 2.50. The fourth-order valence-corrected chi connectivity index (χ4v) is 6.41. The molecule has 0 spiro atoms. The third-order valence-electron chi connectivity index (χ3n) is 8.27. The van der Waals surface area contributed by atoms with E-state index in [1.54, 1.807) is 12.6 Å². The minimum Gasteiger partial charge on any atom is -0.463 e. The molecule has 2 aromatic heterocycles. The predicted octanol–water partition coefficient (Wildman–Crippen LogP) is 5.55. The summed E-state index contributed by atoms with van der Waals surface area (Å²) in [5, 5.41) is 8.96. The van der Waals surface area contributed by atoms with Gasteiger partial charge in [-0.05, 0) is 79.5 Å². The van der Waals surface area contributed by atoms with Gasteiger partial charge in [-0.25, -0.2) is 4.39 Å². The fraction of sp³-hybridized carbons (Fsp3) is 0.433. The van der Waals surface area contributed by atoms with Gasteiger partial charge < -0.3 is 8.98 Å². The van der Waals surface area contributed by atoms with Crippen molar-refractivity contribution in [1.82, 2.24) is 19.7 Å². The molecule has 2 fully saturated rings. The maximum atomic E-state index is 14.2. The molecular formula is C30H33FN4O2. The van der Waals surface area contributed by atoms with Crippen molar-refractivity contribution in [3.8, 4) is 11.1 Å². The molecule has 3 heterocycles. The first kappa shape index (κ1) is 24.0. The third-order valence-corrected chi connectivity index (χ3v) is 8.27. The van der Waals surface area contributed by atoms with Gasteiger partial charge >= 0.3 is 0 Å². The van der Waals surface area contributed by atoms with Crippen molar-refractivity contribution in [3.05, 3.63) is 81.7 Å². The number of halogens is 1. The Morgan fingerprint density at radius 1 is 1.22 bits per heavy atom. The summed E-state index contributed by atoms with van der Waals surface area (Å²) in [7, 11) is 1.88. The molecule has 2 aromatic carbocycles. The van der Waals surface area contributed by atoms with Crippen LogP contribution >= 0.6 is 0 Å². The van der Waals surface area contributed by atoms with E-state index < -0.39 is 11.6 Å². The molecule has 0 N–H and O–H groups in total. The molecule has 0 amide bonds. The third kappa shape index (κ3) is 4.19. The summed E-state index contributed by atoms with van der Waals surface area (Å²) in [6.07, 6.45) is 5.54. The van der Waals surface area contributed by atoms with Gasteiger partial charge in [0.2, 0.25) is 5.43 Å². The highest BCUT2D eigenvalue weighted by atomic mass is 19.1. The molecule has 0 radical (unpaired) electrons. The van der Waals surface area contributed by atoms with E-state index in [2.05, 4.69) is 28.1 Å². The lowest BCUT2D eigenvalue weighted by molar-refractivity contribution is 0.114. The number of piperidine rings is 1. The Labute approximate surface area is 216 Å². The smallest absolute Gasteiger partial charge is 0.200 e. The van der Waals surface area contributed by atoms with Gasteiger partial charge in [-0.3, -0.25) is 9.69 Å². The second kappa shape index (κ2) is 9.21. The first-order chi connectivity index (χ1) is 17.8. The average molecular weight is 501 g/mol. The van der Waals surface area contributed by atoms with Crippen molar-refractivity contribution in [2.24, 2.45) is 13.0 Å². The van der Waals surface area contributed by atoms with Crippen LogP contribution < -0.4 is 5.43 Å². The molecule has 1 atom stereocenters. The molecule has 37 heavy (non-hydrogen) atoms. The second-order valence-electron chi connectivity index (χ2n) is 11.2. The van der Waals surface area contributed by atoms with Crippen molar-refractivity contribution in [2.45, 2.75) is 57.7 Å². The fourth-order valence-electron chi connectivity index (χ4n) is 6.41. The number of aryl methyl sites for hydroxylation is 2. The van der Waals surface area contributed by atoms with Crippen molar-refractivity contribution in [1.29, 1.82) is 0 Å². The lowest BCUT2D eigenvalue weighted by Crippen LogP contribution is -2.45. The number of benzene rings is 2. The Bertz CT molecular complexity index is 1520. The van der Waals surface area contributed by atoms with Gasteiger partial charge in [0, 0.05) is 20.1 Å². The number of hydrogen-bond acceptors (Lipinski definition) is 5. The largest absolute Gasteiger partial charge is 0.463 e. The first-order valence-corrected chi connectivity index (χ1v) is 13.2. The SMILES string of the molecule is Cc1cc(CN2CCCC(C)C2)cc2c(=O)c(-c3cccc(C4(c5nncn5C)CC(F)C4)c3)coc12. The number of nitrogens with zero attached hydrogens (tertiary/aromatic N) is 4. The number of hydrogen-bond donors (Lipinski definition) is 0. The van der Waals surface area contributed by atoms with Crippen molar-refractivity contribution in [3.63, 3.8) is 0 Å². The molecule has 0 bridgehead atoms. The lowest BCUT2D eigenvalue weighted by atomic mass is 9.62. The quantitative estimate of drug-likeness (QED) is 0.360. The number of aromatic nitrogens is 3. The Balaban J connectivity index is 1.39. The number of alkyl halides is 1. The molecule has 1 aliphatic carbocycles. The number of likely N-dealkylation sites (tertiary alicyclic amines) is 1. The molecule has 4 aromatic rings. The normalized spacial score (nSPS) is 24.3. The minimum atomic E-state index is -0.879. The van der Waals surface area contributed by atoms with Gasteiger partial charge in [0.25, 0.3) is 0 Å². The summed E-state index contributed by atoms with van der Waals surface area (Å²) in [6.45, 7) is 7.33. The van der Waals surface area contributed by atoms with E-state index in [-0.39, 0.29) is 5.43 Å². The standard InChI is InChI=1S/C30H33FN4O2/c1-19-6-5-9-35(15-19)16-21-10-20(2)28-25(11-21)27(36)26(17-37-28)22-7-4-8-23(12-22)30(13-24(31)14-30)29-33-32-18-34(29)3/h4,7-8,10-12,17-19,24H,5-6,9,13-16H2,1-3H3. The van der Waals surface area contributed by atoms with Crippen LogP contribution in [0.2, 0.25) is 0 Å². The van der Waals surface area contributed by atoms with Gasteiger partial charge in [-0.2, -0.15) is 0 Å². The van der Waals surface area contributed by atoms with E-state index >= 15 is 0 Å². The van der Waals surface area contributed by atoms with Crippen LogP contribution in [-0.4, -0.2) is 38.9 Å². The summed E-state index contributed by atoms with van der Waals surface area (Å²) >= 11 is 0. The van der Waals surface area contributed by atoms with Crippen LogP contribution in [-0.2, 0) is 19.0 Å². The molecule has 1 saturated carbocycles. The molecular weight excluding hydrogens is 467 g/mol. The second-order valence-corrected chi connectivity index (χ2v) is 11.2. The predicted molar refractivity (Wildman–Crippen MR) is 142 cm³/mol. The Morgan fingerprint density at radius 2 is 2.05 bits per heavy atom. The van der Waals surface area contributed by atoms with Crippen LogP contribution in [0.1, 0.15) is 55.1 Å². The zero-order chi connectivity index (χ0) is 25.7. The Hall–Kier alpha value is -3.32. The zero-order valence-electron chi connectivity index (χ0n) is 21.7. The van der Waals surface area contributed by atoms with Crippen LogP contribution in [0.15, 0.2) is 58.2 Å². The topological polar surface area (TPSA) is 64.2 Å². The number of fused-ring (bicyclic) bond motifs is 1. The summed E-state index contributed by atoms with van der Waals surface area (Å²) in [4.78, 5) is 16.3. The van der Waals surface area contributed by atoms with E-state index in [0.29, 0.717) is 35.3 Å². The molecule has 192 valence electrons. The van der Waals surface area contributed by atoms with Gasteiger partial charge in [0.1, 0.15) is 30.2 Å². The maximum Gasteiger partial charge on any atom is 0.200 e. The summed E-state index contributed by atoms with van der Waals surface area (Å²) in [6, 6.07) is 12.0. The molecule has 7 heteroatoms. The van der Waals surface area contributed by atoms with E-state index in [4.69, 9.17) is 4.42 Å². The summed E-state index contributed by atoms with van der Waals surface area (Å²) in [5.41, 5.74) is 4.38. The van der Waals surface area contributed by atoms with Crippen LogP contribution in [0.5, 0.6) is 0 Å². The molecule has 6 nitrogen and oxygen atoms in total. The van der Waals surface area contributed by atoms with Crippen molar-refractivity contribution >= 4 is 11.0 Å². The highest BCUT2D eigenvalue weighted by Crippen LogP contribution is 2.50. The zero-order valence-corrected chi connectivity index (χ0v) is 21.7. The molecule has 1 unspecified atom stereocenters. The molecule has 1 saturated heterocycles. The Morgan fingerprint density at radius 3 is 2.78 bits per heavy atom. The minimum absolute atomic E-state index is 0.0416. The van der Waals surface area contributed by atoms with E-state index in [1.807, 2.05) is 48.9 Å². The van der Waals surface area contributed by atoms with E-state index in [9.17, 15) is 9.18 Å². The molecule has 6 rings (SSSR count). The maximum absolute atomic E-state index is 14.2. The highest BCUT2D eigenvalue weighted by molar-refractivity contribution is 5.84. The average Bonchev–Trinajstić information content (AvgIpc) is 3.28.